The Morgan fingerprint density at radius 1 is 1.22 bits per heavy atom. The molecule has 0 bridgehead atoms. The lowest BCUT2D eigenvalue weighted by Crippen LogP contribution is -2.48. The molecule has 3 N–H and O–H groups in total. The minimum Gasteiger partial charge on any atom is -0.383 e. The summed E-state index contributed by atoms with van der Waals surface area (Å²) in [6.07, 6.45) is 1.13. The summed E-state index contributed by atoms with van der Waals surface area (Å²) in [6.45, 7) is 8.17. The number of amides is 2. The van der Waals surface area contributed by atoms with Gasteiger partial charge in [0.25, 0.3) is 11.8 Å². The van der Waals surface area contributed by atoms with Gasteiger partial charge in [0, 0.05) is 71.5 Å². The molecule has 0 aliphatic carbocycles. The average molecular weight is 517 g/mol. The maximum absolute atomic E-state index is 13.1. The number of methoxy groups -OCH3 is 2. The first-order valence-electron chi connectivity index (χ1n) is 12.4. The Morgan fingerprint density at radius 3 is 2.83 bits per heavy atom. The highest BCUT2D eigenvalue weighted by atomic mass is 32.1. The van der Waals surface area contributed by atoms with Gasteiger partial charge < -0.3 is 30.3 Å². The minimum atomic E-state index is -0.338. The first kappa shape index (κ1) is 26.5. The monoisotopic (exact) mass is 516 g/mol. The van der Waals surface area contributed by atoms with E-state index in [4.69, 9.17) is 9.47 Å². The highest BCUT2D eigenvalue weighted by Crippen LogP contribution is 2.26. The van der Waals surface area contributed by atoms with Crippen molar-refractivity contribution in [1.82, 2.24) is 20.5 Å². The van der Waals surface area contributed by atoms with Gasteiger partial charge in [-0.15, -0.1) is 11.3 Å². The number of nitrogens with zero attached hydrogens (tertiary/aromatic N) is 3. The lowest BCUT2D eigenvalue weighted by atomic mass is 10.1. The first-order chi connectivity index (χ1) is 17.5. The normalized spacial score (nSPS) is 20.5. The van der Waals surface area contributed by atoms with Gasteiger partial charge in [-0.25, -0.2) is 4.98 Å². The zero-order valence-electron chi connectivity index (χ0n) is 21.2. The molecule has 4 rings (SSSR count). The highest BCUT2D eigenvalue weighted by molar-refractivity contribution is 7.14. The van der Waals surface area contributed by atoms with Crippen LogP contribution in [0.4, 0.5) is 10.8 Å². The van der Waals surface area contributed by atoms with Crippen molar-refractivity contribution in [2.75, 3.05) is 70.3 Å². The molecule has 0 spiro atoms. The second kappa shape index (κ2) is 12.6. The zero-order valence-corrected chi connectivity index (χ0v) is 22.0. The van der Waals surface area contributed by atoms with E-state index < -0.39 is 0 Å². The van der Waals surface area contributed by atoms with Gasteiger partial charge in [0.2, 0.25) is 0 Å². The molecular formula is C25H36N6O4S. The predicted octanol–water partition coefficient (Wildman–Crippen LogP) is 1.79. The summed E-state index contributed by atoms with van der Waals surface area (Å²) in [6, 6.07) is 6.07. The Morgan fingerprint density at radius 2 is 2.08 bits per heavy atom. The fourth-order valence-electron chi connectivity index (χ4n) is 4.56. The fourth-order valence-corrected chi connectivity index (χ4v) is 5.40. The van der Waals surface area contributed by atoms with E-state index in [0.29, 0.717) is 36.1 Å². The second-order valence-corrected chi connectivity index (χ2v) is 10.1. The Balaban J connectivity index is 1.48. The van der Waals surface area contributed by atoms with E-state index in [0.717, 1.165) is 56.4 Å². The summed E-state index contributed by atoms with van der Waals surface area (Å²) in [7, 11) is 3.31. The van der Waals surface area contributed by atoms with Crippen LogP contribution in [0.2, 0.25) is 0 Å². The van der Waals surface area contributed by atoms with Gasteiger partial charge in [0.05, 0.1) is 24.0 Å². The summed E-state index contributed by atoms with van der Waals surface area (Å²) in [4.78, 5) is 35.1. The number of nitrogens with one attached hydrogen (secondary N) is 3. The number of rotatable bonds is 10. The van der Waals surface area contributed by atoms with Crippen LogP contribution in [0.5, 0.6) is 0 Å². The van der Waals surface area contributed by atoms with E-state index in [1.807, 2.05) is 12.1 Å². The molecule has 2 aromatic rings. The van der Waals surface area contributed by atoms with Crippen LogP contribution >= 0.6 is 11.3 Å². The van der Waals surface area contributed by atoms with E-state index in [2.05, 4.69) is 37.7 Å². The van der Waals surface area contributed by atoms with Gasteiger partial charge in [0.1, 0.15) is 5.69 Å². The van der Waals surface area contributed by atoms with Gasteiger partial charge in [-0.1, -0.05) is 6.07 Å². The van der Waals surface area contributed by atoms with Gasteiger partial charge in [0.15, 0.2) is 5.13 Å². The van der Waals surface area contributed by atoms with Crippen LogP contribution in [-0.2, 0) is 16.0 Å². The molecule has 1 aromatic carbocycles. The molecule has 2 fully saturated rings. The van der Waals surface area contributed by atoms with E-state index in [9.17, 15) is 9.59 Å². The van der Waals surface area contributed by atoms with Gasteiger partial charge in [-0.3, -0.25) is 14.5 Å². The summed E-state index contributed by atoms with van der Waals surface area (Å²) < 4.78 is 10.5. The number of carbonyl (C=O) groups is 2. The molecule has 36 heavy (non-hydrogen) atoms. The van der Waals surface area contributed by atoms with E-state index in [1.165, 1.54) is 11.3 Å². The first-order valence-corrected chi connectivity index (χ1v) is 13.2. The molecule has 0 radical (unpaired) electrons. The van der Waals surface area contributed by atoms with Crippen molar-refractivity contribution in [2.45, 2.75) is 32.0 Å². The minimum absolute atomic E-state index is 0.188. The predicted molar refractivity (Wildman–Crippen MR) is 141 cm³/mol. The van der Waals surface area contributed by atoms with Crippen molar-refractivity contribution in [3.8, 4) is 0 Å². The number of anilines is 2. The molecule has 0 unspecified atom stereocenters. The number of benzene rings is 1. The van der Waals surface area contributed by atoms with Crippen LogP contribution in [0.3, 0.4) is 0 Å². The summed E-state index contributed by atoms with van der Waals surface area (Å²) in [5.74, 6) is -0.589. The Hall–Kier alpha value is -2.57. The second-order valence-electron chi connectivity index (χ2n) is 9.28. The highest BCUT2D eigenvalue weighted by Gasteiger charge is 2.25. The third-order valence-corrected chi connectivity index (χ3v) is 7.40. The summed E-state index contributed by atoms with van der Waals surface area (Å²) in [5, 5.41) is 11.8. The van der Waals surface area contributed by atoms with Crippen LogP contribution in [0.1, 0.15) is 39.8 Å². The van der Waals surface area contributed by atoms with Crippen LogP contribution in [0.25, 0.3) is 0 Å². The third kappa shape index (κ3) is 6.80. The van der Waals surface area contributed by atoms with Gasteiger partial charge in [-0.05, 0) is 31.0 Å². The Labute approximate surface area is 216 Å². The molecule has 2 amide bonds. The van der Waals surface area contributed by atoms with Crippen molar-refractivity contribution < 1.29 is 19.1 Å². The molecular weight excluding hydrogens is 480 g/mol. The Kier molecular flexibility index (Phi) is 9.27. The van der Waals surface area contributed by atoms with E-state index in [1.54, 1.807) is 25.7 Å². The average Bonchev–Trinajstić information content (AvgIpc) is 3.55. The maximum atomic E-state index is 13.1. The molecule has 2 saturated heterocycles. The molecule has 1 aromatic heterocycles. The standard InChI is InChI=1S/C25H36N6O4S/c1-17-13-30(10-7-26-17)14-18-4-5-21(20(12-18)23(32)27-8-11-34-2)28-24(33)22-16-36-25(29-22)31-9-6-19(15-31)35-3/h4-5,12,16-17,19,26H,6-11,13-15H2,1-3H3,(H,27,32)(H,28,33)/t17-,19-/m0/s1. The third-order valence-electron chi connectivity index (χ3n) is 6.50. The molecule has 2 atom stereocenters. The van der Waals surface area contributed by atoms with E-state index in [-0.39, 0.29) is 17.9 Å². The quantitative estimate of drug-likeness (QED) is 0.411. The fraction of sp³-hybridized carbons (Fsp3) is 0.560. The lowest BCUT2D eigenvalue weighted by Gasteiger charge is -2.32. The number of aromatic nitrogens is 1. The number of piperazine rings is 1. The lowest BCUT2D eigenvalue weighted by molar-refractivity contribution is 0.0937. The number of thiazole rings is 1. The SMILES string of the molecule is COCCNC(=O)c1cc(CN2CCN[C@@H](C)C2)ccc1NC(=O)c1csc(N2CC[C@H](OC)C2)n1. The molecule has 2 aliphatic rings. The number of carbonyl (C=O) groups excluding carboxylic acids is 2. The maximum Gasteiger partial charge on any atom is 0.275 e. The smallest absolute Gasteiger partial charge is 0.275 e. The molecule has 196 valence electrons. The van der Waals surface area contributed by atoms with Crippen molar-refractivity contribution >= 4 is 34.0 Å². The molecule has 11 heteroatoms. The molecule has 10 nitrogen and oxygen atoms in total. The van der Waals surface area contributed by atoms with Crippen LogP contribution < -0.4 is 20.9 Å². The molecule has 0 saturated carbocycles. The molecule has 3 heterocycles. The number of hydrogen-bond acceptors (Lipinski definition) is 9. The van der Waals surface area contributed by atoms with Crippen molar-refractivity contribution in [3.63, 3.8) is 0 Å². The zero-order chi connectivity index (χ0) is 25.5. The van der Waals surface area contributed by atoms with Gasteiger partial charge >= 0.3 is 0 Å². The molecule has 2 aliphatic heterocycles. The number of hydrogen-bond donors (Lipinski definition) is 3. The number of ether oxygens (including phenoxy) is 2. The van der Waals surface area contributed by atoms with Crippen molar-refractivity contribution in [1.29, 1.82) is 0 Å². The van der Waals surface area contributed by atoms with Crippen molar-refractivity contribution in [3.05, 3.63) is 40.4 Å². The van der Waals surface area contributed by atoms with Crippen LogP contribution in [0.15, 0.2) is 23.6 Å². The van der Waals surface area contributed by atoms with Crippen molar-refractivity contribution in [2.24, 2.45) is 0 Å². The summed E-state index contributed by atoms with van der Waals surface area (Å²) in [5.41, 5.74) is 2.25. The van der Waals surface area contributed by atoms with Crippen LogP contribution in [0, 0.1) is 0 Å². The summed E-state index contributed by atoms with van der Waals surface area (Å²) >= 11 is 1.44. The van der Waals surface area contributed by atoms with Crippen LogP contribution in [-0.4, -0.2) is 93.9 Å². The largest absolute Gasteiger partial charge is 0.383 e. The Bertz CT molecular complexity index is 1050. The van der Waals surface area contributed by atoms with Gasteiger partial charge in [-0.2, -0.15) is 0 Å². The topological polar surface area (TPSA) is 108 Å². The van der Waals surface area contributed by atoms with E-state index >= 15 is 0 Å².